The first-order valence-corrected chi connectivity index (χ1v) is 6.15. The van der Waals surface area contributed by atoms with E-state index in [2.05, 4.69) is 4.72 Å². The summed E-state index contributed by atoms with van der Waals surface area (Å²) in [5.74, 6) is -1.06. The topological polar surface area (TPSA) is 83.5 Å². The van der Waals surface area contributed by atoms with E-state index in [4.69, 9.17) is 5.11 Å². The Morgan fingerprint density at radius 2 is 1.93 bits per heavy atom. The minimum Gasteiger partial charge on any atom is -0.481 e. The van der Waals surface area contributed by atoms with Gasteiger partial charge in [0.2, 0.25) is 10.0 Å². The molecule has 0 fully saturated rings. The number of hydrogen-bond donors (Lipinski definition) is 2. The van der Waals surface area contributed by atoms with Crippen molar-refractivity contribution < 1.29 is 18.3 Å². The van der Waals surface area contributed by atoms with Crippen LogP contribution >= 0.6 is 0 Å². The molecule has 0 aliphatic heterocycles. The van der Waals surface area contributed by atoms with Crippen LogP contribution in [-0.2, 0) is 14.8 Å². The third-order valence-corrected chi connectivity index (χ3v) is 3.33. The highest BCUT2D eigenvalue weighted by molar-refractivity contribution is 7.89. The maximum atomic E-state index is 11.2. The fraction of sp³-hybridized carbons (Fsp3) is 0.875. The largest absolute Gasteiger partial charge is 0.481 e. The van der Waals surface area contributed by atoms with E-state index in [1.807, 2.05) is 0 Å². The highest BCUT2D eigenvalue weighted by Gasteiger charge is 2.21. The molecule has 0 aromatic rings. The van der Waals surface area contributed by atoms with Crippen molar-refractivity contribution in [3.05, 3.63) is 0 Å². The molecule has 5 nitrogen and oxygen atoms in total. The van der Waals surface area contributed by atoms with E-state index in [0.29, 0.717) is 0 Å². The first kappa shape index (κ1) is 13.4. The Morgan fingerprint density at radius 1 is 1.43 bits per heavy atom. The second kappa shape index (κ2) is 5.31. The summed E-state index contributed by atoms with van der Waals surface area (Å²) in [6.45, 7) is 5.08. The fourth-order valence-electron chi connectivity index (χ4n) is 0.916. The highest BCUT2D eigenvalue weighted by Crippen LogP contribution is 2.07. The maximum absolute atomic E-state index is 11.2. The molecular weight excluding hydrogens is 206 g/mol. The van der Waals surface area contributed by atoms with Crippen LogP contribution in [-0.4, -0.2) is 31.3 Å². The molecule has 0 heterocycles. The zero-order valence-corrected chi connectivity index (χ0v) is 9.47. The number of carbonyl (C=O) groups is 1. The Morgan fingerprint density at radius 3 is 2.21 bits per heavy atom. The van der Waals surface area contributed by atoms with Crippen molar-refractivity contribution in [1.29, 1.82) is 0 Å². The molecule has 84 valence electrons. The lowest BCUT2D eigenvalue weighted by Gasteiger charge is -2.19. The molecule has 0 aliphatic carbocycles. The van der Waals surface area contributed by atoms with E-state index in [9.17, 15) is 13.2 Å². The summed E-state index contributed by atoms with van der Waals surface area (Å²) in [6, 6.07) is -0.530. The molecule has 0 amide bonds. The van der Waals surface area contributed by atoms with Crippen LogP contribution in [0.15, 0.2) is 0 Å². The van der Waals surface area contributed by atoms with E-state index >= 15 is 0 Å². The van der Waals surface area contributed by atoms with Crippen LogP contribution in [0, 0.1) is 5.92 Å². The van der Waals surface area contributed by atoms with Crippen molar-refractivity contribution in [2.75, 3.05) is 5.75 Å². The van der Waals surface area contributed by atoms with Crippen LogP contribution in [0.3, 0.4) is 0 Å². The van der Waals surface area contributed by atoms with E-state index in [-0.39, 0.29) is 18.1 Å². The van der Waals surface area contributed by atoms with E-state index < -0.39 is 22.0 Å². The number of carboxylic acid groups (broad SMARTS) is 1. The van der Waals surface area contributed by atoms with Crippen molar-refractivity contribution in [1.82, 2.24) is 4.72 Å². The van der Waals surface area contributed by atoms with Crippen molar-refractivity contribution >= 4 is 16.0 Å². The first-order valence-electron chi connectivity index (χ1n) is 4.50. The average Bonchev–Trinajstić information content (AvgIpc) is 2.02. The predicted octanol–water partition coefficient (Wildman–Crippen LogP) is 0.425. The number of nitrogens with one attached hydrogen (secondary N) is 1. The first-order chi connectivity index (χ1) is 6.28. The van der Waals surface area contributed by atoms with Gasteiger partial charge in [-0.3, -0.25) is 4.79 Å². The smallest absolute Gasteiger partial charge is 0.304 e. The molecule has 2 N–H and O–H groups in total. The average molecular weight is 223 g/mol. The van der Waals surface area contributed by atoms with Gasteiger partial charge in [-0.05, 0) is 12.8 Å². The Kier molecular flexibility index (Phi) is 5.07. The second-order valence-electron chi connectivity index (χ2n) is 3.47. The molecule has 0 saturated heterocycles. The molecule has 0 aromatic heterocycles. The normalized spacial score (nSPS) is 14.3. The van der Waals surface area contributed by atoms with Crippen molar-refractivity contribution in [3.8, 4) is 0 Å². The third-order valence-electron chi connectivity index (χ3n) is 1.91. The summed E-state index contributed by atoms with van der Waals surface area (Å²) in [7, 11) is -3.32. The fourth-order valence-corrected chi connectivity index (χ4v) is 1.90. The molecule has 0 spiro atoms. The van der Waals surface area contributed by atoms with E-state index in [1.54, 1.807) is 13.8 Å². The Balaban J connectivity index is 4.46. The molecule has 6 heteroatoms. The molecule has 1 unspecified atom stereocenters. The lowest BCUT2D eigenvalue weighted by molar-refractivity contribution is -0.137. The molecule has 0 rings (SSSR count). The number of aliphatic carboxylic acids is 1. The van der Waals surface area contributed by atoms with Crippen LogP contribution in [0.2, 0.25) is 0 Å². The van der Waals surface area contributed by atoms with Crippen molar-refractivity contribution in [2.45, 2.75) is 33.2 Å². The predicted molar refractivity (Wildman–Crippen MR) is 53.5 cm³/mol. The standard InChI is InChI=1S/C8H17NO4S/c1-4-14(12,13)9-7(6(2)3)5-8(10)11/h6-7,9H,4-5H2,1-3H3,(H,10,11). The van der Waals surface area contributed by atoms with Gasteiger partial charge in [0.25, 0.3) is 0 Å². The van der Waals surface area contributed by atoms with Crippen LogP contribution < -0.4 is 4.72 Å². The Bertz CT molecular complexity index is 284. The molecular formula is C8H17NO4S. The van der Waals surface area contributed by atoms with Gasteiger partial charge in [0.15, 0.2) is 0 Å². The van der Waals surface area contributed by atoms with Gasteiger partial charge < -0.3 is 5.11 Å². The Labute approximate surface area is 84.6 Å². The zero-order valence-electron chi connectivity index (χ0n) is 8.65. The molecule has 0 bridgehead atoms. The summed E-state index contributed by atoms with van der Waals surface area (Å²) < 4.78 is 24.7. The lowest BCUT2D eigenvalue weighted by atomic mass is 10.0. The minimum absolute atomic E-state index is 0.0319. The summed E-state index contributed by atoms with van der Waals surface area (Å²) in [5.41, 5.74) is 0. The van der Waals surface area contributed by atoms with Gasteiger partial charge >= 0.3 is 5.97 Å². The molecule has 0 aliphatic rings. The van der Waals surface area contributed by atoms with Crippen LogP contribution in [0.4, 0.5) is 0 Å². The lowest BCUT2D eigenvalue weighted by Crippen LogP contribution is -2.40. The number of rotatable bonds is 6. The van der Waals surface area contributed by atoms with Crippen molar-refractivity contribution in [2.24, 2.45) is 5.92 Å². The summed E-state index contributed by atoms with van der Waals surface area (Å²) in [5, 5.41) is 8.57. The van der Waals surface area contributed by atoms with Gasteiger partial charge in [0.05, 0.1) is 12.2 Å². The quantitative estimate of drug-likeness (QED) is 0.683. The van der Waals surface area contributed by atoms with Crippen LogP contribution in [0.5, 0.6) is 0 Å². The number of sulfonamides is 1. The second-order valence-corrected chi connectivity index (χ2v) is 5.51. The molecule has 1 atom stereocenters. The number of carboxylic acids is 1. The number of hydrogen-bond acceptors (Lipinski definition) is 3. The molecule has 0 saturated carbocycles. The SMILES string of the molecule is CCS(=O)(=O)NC(CC(=O)O)C(C)C. The van der Waals surface area contributed by atoms with Gasteiger partial charge in [-0.1, -0.05) is 13.8 Å². The Hall–Kier alpha value is -0.620. The van der Waals surface area contributed by atoms with Gasteiger partial charge in [-0.2, -0.15) is 0 Å². The van der Waals surface area contributed by atoms with Crippen LogP contribution in [0.1, 0.15) is 27.2 Å². The van der Waals surface area contributed by atoms with E-state index in [0.717, 1.165) is 0 Å². The van der Waals surface area contributed by atoms with Gasteiger partial charge in [0.1, 0.15) is 0 Å². The summed E-state index contributed by atoms with van der Waals surface area (Å²) in [4.78, 5) is 10.5. The minimum atomic E-state index is -3.32. The molecule has 0 aromatic carbocycles. The summed E-state index contributed by atoms with van der Waals surface area (Å²) >= 11 is 0. The highest BCUT2D eigenvalue weighted by atomic mass is 32.2. The zero-order chi connectivity index (χ0) is 11.4. The van der Waals surface area contributed by atoms with Gasteiger partial charge in [0, 0.05) is 6.04 Å². The monoisotopic (exact) mass is 223 g/mol. The van der Waals surface area contributed by atoms with Gasteiger partial charge in [-0.25, -0.2) is 13.1 Å². The molecule has 0 radical (unpaired) electrons. The third kappa shape index (κ3) is 5.18. The maximum Gasteiger partial charge on any atom is 0.304 e. The van der Waals surface area contributed by atoms with Crippen molar-refractivity contribution in [3.63, 3.8) is 0 Å². The summed E-state index contributed by atoms with van der Waals surface area (Å²) in [6.07, 6.45) is -0.184. The van der Waals surface area contributed by atoms with Gasteiger partial charge in [-0.15, -0.1) is 0 Å². The molecule has 14 heavy (non-hydrogen) atoms. The van der Waals surface area contributed by atoms with Crippen LogP contribution in [0.25, 0.3) is 0 Å². The van der Waals surface area contributed by atoms with E-state index in [1.165, 1.54) is 6.92 Å².